The summed E-state index contributed by atoms with van der Waals surface area (Å²) in [5.41, 5.74) is 2.30. The van der Waals surface area contributed by atoms with Crippen molar-refractivity contribution in [2.45, 2.75) is 6.54 Å². The van der Waals surface area contributed by atoms with Crippen LogP contribution in [-0.2, 0) is 11.3 Å². The van der Waals surface area contributed by atoms with Crippen LogP contribution < -0.4 is 0 Å². The van der Waals surface area contributed by atoms with Crippen molar-refractivity contribution in [3.63, 3.8) is 0 Å². The van der Waals surface area contributed by atoms with Crippen molar-refractivity contribution in [2.75, 3.05) is 26.2 Å². The number of nitrogens with zero attached hydrogens (tertiary/aromatic N) is 2. The molecule has 0 N–H and O–H groups in total. The quantitative estimate of drug-likeness (QED) is 0.787. The fraction of sp³-hybridized carbons (Fsp3) is 0.278. The van der Waals surface area contributed by atoms with Crippen molar-refractivity contribution >= 4 is 34.9 Å². The van der Waals surface area contributed by atoms with Crippen LogP contribution in [0.4, 0.5) is 0 Å². The third-order valence-electron chi connectivity index (χ3n) is 3.94. The summed E-state index contributed by atoms with van der Waals surface area (Å²) < 4.78 is 0. The number of thiophene rings is 1. The Labute approximate surface area is 145 Å². The highest BCUT2D eigenvalue weighted by Gasteiger charge is 2.19. The lowest BCUT2D eigenvalue weighted by Gasteiger charge is -2.34. The van der Waals surface area contributed by atoms with Gasteiger partial charge in [-0.05, 0) is 46.2 Å². The summed E-state index contributed by atoms with van der Waals surface area (Å²) in [6, 6.07) is 9.66. The number of hydrogen-bond acceptors (Lipinski definition) is 3. The Morgan fingerprint density at radius 2 is 2.04 bits per heavy atom. The number of halogens is 1. The highest BCUT2D eigenvalue weighted by atomic mass is 35.5. The maximum Gasteiger partial charge on any atom is 0.246 e. The second-order valence-electron chi connectivity index (χ2n) is 5.62. The van der Waals surface area contributed by atoms with Crippen molar-refractivity contribution in [1.82, 2.24) is 9.80 Å². The molecule has 1 aromatic heterocycles. The first-order valence-corrected chi connectivity index (χ1v) is 8.99. The van der Waals surface area contributed by atoms with Crippen LogP contribution in [0.15, 0.2) is 47.2 Å². The van der Waals surface area contributed by atoms with Crippen LogP contribution in [-0.4, -0.2) is 41.9 Å². The van der Waals surface area contributed by atoms with Crippen molar-refractivity contribution in [1.29, 1.82) is 0 Å². The number of carbonyl (C=O) groups is 1. The summed E-state index contributed by atoms with van der Waals surface area (Å²) in [7, 11) is 0. The van der Waals surface area contributed by atoms with Gasteiger partial charge in [-0.1, -0.05) is 23.7 Å². The number of benzene rings is 1. The average Bonchev–Trinajstić information content (AvgIpc) is 3.06. The SMILES string of the molecule is O=C(/C=C/c1cccc(Cl)c1)N1CCN(Cc2ccsc2)CC1. The van der Waals surface area contributed by atoms with Crippen molar-refractivity contribution < 1.29 is 4.79 Å². The smallest absolute Gasteiger partial charge is 0.246 e. The molecule has 1 aliphatic heterocycles. The first-order valence-electron chi connectivity index (χ1n) is 7.67. The predicted octanol–water partition coefficient (Wildman–Crippen LogP) is 3.76. The van der Waals surface area contributed by atoms with Gasteiger partial charge in [-0.15, -0.1) is 0 Å². The van der Waals surface area contributed by atoms with E-state index in [9.17, 15) is 4.79 Å². The molecule has 0 bridgehead atoms. The summed E-state index contributed by atoms with van der Waals surface area (Å²) in [4.78, 5) is 16.6. The van der Waals surface area contributed by atoms with E-state index in [0.717, 1.165) is 38.3 Å². The summed E-state index contributed by atoms with van der Waals surface area (Å²) in [6.45, 7) is 4.38. The molecule has 0 saturated carbocycles. The van der Waals surface area contributed by atoms with Gasteiger partial charge in [-0.25, -0.2) is 0 Å². The number of amides is 1. The molecule has 2 heterocycles. The van der Waals surface area contributed by atoms with Gasteiger partial charge in [0.15, 0.2) is 0 Å². The zero-order valence-electron chi connectivity index (χ0n) is 12.8. The van der Waals surface area contributed by atoms with Crippen LogP contribution in [0.25, 0.3) is 6.08 Å². The Morgan fingerprint density at radius 3 is 2.74 bits per heavy atom. The van der Waals surface area contributed by atoms with Crippen molar-refractivity contribution in [2.24, 2.45) is 0 Å². The first-order chi connectivity index (χ1) is 11.2. The molecule has 3 nitrogen and oxygen atoms in total. The molecule has 23 heavy (non-hydrogen) atoms. The topological polar surface area (TPSA) is 23.6 Å². The summed E-state index contributed by atoms with van der Waals surface area (Å²) in [5, 5.41) is 4.97. The molecule has 1 aliphatic rings. The van der Waals surface area contributed by atoms with E-state index in [1.807, 2.05) is 35.2 Å². The molecule has 0 aliphatic carbocycles. The predicted molar refractivity (Wildman–Crippen MR) is 96.7 cm³/mol. The molecular formula is C18H19ClN2OS. The minimum Gasteiger partial charge on any atom is -0.337 e. The van der Waals surface area contributed by atoms with Crippen LogP contribution in [0.1, 0.15) is 11.1 Å². The molecule has 1 saturated heterocycles. The fourth-order valence-electron chi connectivity index (χ4n) is 2.65. The van der Waals surface area contributed by atoms with E-state index < -0.39 is 0 Å². The minimum atomic E-state index is 0.0696. The van der Waals surface area contributed by atoms with Crippen LogP contribution in [0.3, 0.4) is 0 Å². The molecule has 3 rings (SSSR count). The van der Waals surface area contributed by atoms with E-state index in [4.69, 9.17) is 11.6 Å². The normalized spacial score (nSPS) is 16.1. The standard InChI is InChI=1S/C18H19ClN2OS/c19-17-3-1-2-15(12-17)4-5-18(22)21-9-7-20(8-10-21)13-16-6-11-23-14-16/h1-6,11-12,14H,7-10,13H2/b5-4+. The molecule has 2 aromatic rings. The summed E-state index contributed by atoms with van der Waals surface area (Å²) >= 11 is 7.68. The van der Waals surface area contributed by atoms with E-state index in [1.165, 1.54) is 5.56 Å². The molecule has 120 valence electrons. The van der Waals surface area contributed by atoms with E-state index in [2.05, 4.69) is 21.7 Å². The van der Waals surface area contributed by atoms with Crippen LogP contribution >= 0.6 is 22.9 Å². The molecule has 0 spiro atoms. The second-order valence-corrected chi connectivity index (χ2v) is 6.84. The number of hydrogen-bond donors (Lipinski definition) is 0. The van der Waals surface area contributed by atoms with E-state index in [1.54, 1.807) is 17.4 Å². The van der Waals surface area contributed by atoms with Crippen LogP contribution in [0, 0.1) is 0 Å². The maximum absolute atomic E-state index is 12.3. The Bertz CT molecular complexity index is 676. The number of carbonyl (C=O) groups excluding carboxylic acids is 1. The van der Waals surface area contributed by atoms with Crippen molar-refractivity contribution in [3.05, 3.63) is 63.3 Å². The molecule has 5 heteroatoms. The first kappa shape index (κ1) is 16.2. The summed E-state index contributed by atoms with van der Waals surface area (Å²) in [6.07, 6.45) is 3.46. The summed E-state index contributed by atoms with van der Waals surface area (Å²) in [5.74, 6) is 0.0696. The van der Waals surface area contributed by atoms with Gasteiger partial charge in [0, 0.05) is 43.8 Å². The molecule has 0 unspecified atom stereocenters. The Kier molecular flexibility index (Phi) is 5.49. The van der Waals surface area contributed by atoms with Gasteiger partial charge < -0.3 is 4.90 Å². The lowest BCUT2D eigenvalue weighted by atomic mass is 10.2. The zero-order valence-corrected chi connectivity index (χ0v) is 14.4. The highest BCUT2D eigenvalue weighted by Crippen LogP contribution is 2.14. The molecule has 0 atom stereocenters. The Hall–Kier alpha value is -1.62. The largest absolute Gasteiger partial charge is 0.337 e. The van der Waals surface area contributed by atoms with Gasteiger partial charge in [0.05, 0.1) is 0 Å². The molecular weight excluding hydrogens is 328 g/mol. The van der Waals surface area contributed by atoms with Crippen molar-refractivity contribution in [3.8, 4) is 0 Å². The molecule has 1 aromatic carbocycles. The van der Waals surface area contributed by atoms with Gasteiger partial charge in [0.2, 0.25) is 5.91 Å². The lowest BCUT2D eigenvalue weighted by Crippen LogP contribution is -2.47. The molecule has 0 radical (unpaired) electrons. The van der Waals surface area contributed by atoms with Gasteiger partial charge in [0.1, 0.15) is 0 Å². The van der Waals surface area contributed by atoms with Gasteiger partial charge in [-0.2, -0.15) is 11.3 Å². The fourth-order valence-corrected chi connectivity index (χ4v) is 3.51. The third-order valence-corrected chi connectivity index (χ3v) is 4.90. The van der Waals surface area contributed by atoms with Crippen LogP contribution in [0.2, 0.25) is 5.02 Å². The molecule has 1 amide bonds. The van der Waals surface area contributed by atoms with Gasteiger partial charge in [0.25, 0.3) is 0 Å². The number of piperazine rings is 1. The molecule has 1 fully saturated rings. The number of rotatable bonds is 4. The van der Waals surface area contributed by atoms with Crippen LogP contribution in [0.5, 0.6) is 0 Å². The Morgan fingerprint density at radius 1 is 1.22 bits per heavy atom. The van der Waals surface area contributed by atoms with E-state index in [0.29, 0.717) is 5.02 Å². The third kappa shape index (κ3) is 4.67. The highest BCUT2D eigenvalue weighted by molar-refractivity contribution is 7.07. The average molecular weight is 347 g/mol. The lowest BCUT2D eigenvalue weighted by molar-refractivity contribution is -0.127. The zero-order chi connectivity index (χ0) is 16.1. The monoisotopic (exact) mass is 346 g/mol. The minimum absolute atomic E-state index is 0.0696. The van der Waals surface area contributed by atoms with Gasteiger partial charge >= 0.3 is 0 Å². The van der Waals surface area contributed by atoms with E-state index in [-0.39, 0.29) is 5.91 Å². The second kappa shape index (κ2) is 7.77. The van der Waals surface area contributed by atoms with Gasteiger partial charge in [-0.3, -0.25) is 9.69 Å². The van der Waals surface area contributed by atoms with E-state index >= 15 is 0 Å². The maximum atomic E-state index is 12.3. The Balaban J connectivity index is 1.50.